The largest absolute Gasteiger partial charge is 0.264 e. The van der Waals surface area contributed by atoms with Gasteiger partial charge in [-0.3, -0.25) is 9.98 Å². The molecule has 1 heterocycles. The standard InChI is InChI=1S/C53H38N2/c1-36(38-21-25-41(26-22-38)40-12-4-3-5-13-40)32-53(45-15-10-14-43(33-45)46-16-11-31-54-35-46)55-37(2)39-23-27-42(28-24-39)44-29-30-51-49-19-7-6-17-47(49)48-18-8-9-20-50(48)52(51)34-44/h3-35H,1H2,2H3/b53-32-,55-37+. The number of rotatable bonds is 8. The van der Waals surface area contributed by atoms with Crippen LogP contribution in [0.5, 0.6) is 0 Å². The predicted molar refractivity (Wildman–Crippen MR) is 235 cm³/mol. The Labute approximate surface area is 322 Å². The zero-order valence-corrected chi connectivity index (χ0v) is 30.7. The zero-order valence-electron chi connectivity index (χ0n) is 30.7. The minimum atomic E-state index is 0.845. The van der Waals surface area contributed by atoms with E-state index in [2.05, 4.69) is 194 Å². The molecule has 0 bridgehead atoms. The van der Waals surface area contributed by atoms with Gasteiger partial charge in [-0.15, -0.1) is 0 Å². The number of pyridine rings is 1. The molecule has 0 aliphatic heterocycles. The van der Waals surface area contributed by atoms with Crippen molar-refractivity contribution in [3.63, 3.8) is 0 Å². The van der Waals surface area contributed by atoms with Gasteiger partial charge in [0.05, 0.1) is 5.70 Å². The van der Waals surface area contributed by atoms with Crippen LogP contribution in [-0.2, 0) is 0 Å². The number of aliphatic imine (C=N–C) groups is 1. The lowest BCUT2D eigenvalue weighted by Gasteiger charge is -2.12. The first kappa shape index (κ1) is 33.7. The van der Waals surface area contributed by atoms with Crippen LogP contribution in [0.25, 0.3) is 77.0 Å². The summed E-state index contributed by atoms with van der Waals surface area (Å²) in [6, 6.07) is 64.6. The van der Waals surface area contributed by atoms with Gasteiger partial charge in [-0.1, -0.05) is 170 Å². The molecule has 0 saturated heterocycles. The molecule has 1 aromatic heterocycles. The third kappa shape index (κ3) is 6.78. The van der Waals surface area contributed by atoms with Crippen LogP contribution in [0.1, 0.15) is 23.6 Å². The molecule has 0 aliphatic carbocycles. The van der Waals surface area contributed by atoms with Crippen molar-refractivity contribution in [1.82, 2.24) is 4.98 Å². The van der Waals surface area contributed by atoms with E-state index in [4.69, 9.17) is 4.99 Å². The van der Waals surface area contributed by atoms with E-state index in [1.165, 1.54) is 54.6 Å². The highest BCUT2D eigenvalue weighted by Crippen LogP contribution is 2.37. The van der Waals surface area contributed by atoms with Crippen molar-refractivity contribution in [1.29, 1.82) is 0 Å². The molecule has 0 N–H and O–H groups in total. The maximum atomic E-state index is 5.29. The second-order valence-corrected chi connectivity index (χ2v) is 13.9. The molecule has 0 amide bonds. The van der Waals surface area contributed by atoms with Crippen molar-refractivity contribution < 1.29 is 0 Å². The lowest BCUT2D eigenvalue weighted by atomic mass is 9.92. The van der Waals surface area contributed by atoms with E-state index in [0.717, 1.165) is 44.8 Å². The maximum absolute atomic E-state index is 5.29. The first-order valence-corrected chi connectivity index (χ1v) is 18.7. The molecule has 55 heavy (non-hydrogen) atoms. The van der Waals surface area contributed by atoms with Gasteiger partial charge >= 0.3 is 0 Å². The van der Waals surface area contributed by atoms with Crippen LogP contribution in [-0.4, -0.2) is 10.7 Å². The normalized spacial score (nSPS) is 12.0. The molecular weight excluding hydrogens is 665 g/mol. The molecule has 2 nitrogen and oxygen atoms in total. The third-order valence-corrected chi connectivity index (χ3v) is 10.5. The molecule has 0 spiro atoms. The van der Waals surface area contributed by atoms with Gasteiger partial charge in [-0.05, 0) is 108 Å². The number of fused-ring (bicyclic) bond motifs is 6. The van der Waals surface area contributed by atoms with Crippen molar-refractivity contribution in [2.24, 2.45) is 4.99 Å². The molecule has 0 aliphatic rings. The second-order valence-electron chi connectivity index (χ2n) is 13.9. The first-order valence-electron chi connectivity index (χ1n) is 18.7. The summed E-state index contributed by atoms with van der Waals surface area (Å²) in [5.74, 6) is 0. The minimum Gasteiger partial charge on any atom is -0.264 e. The molecule has 9 aromatic rings. The maximum Gasteiger partial charge on any atom is 0.0711 e. The summed E-state index contributed by atoms with van der Waals surface area (Å²) in [6.07, 6.45) is 5.79. The number of nitrogens with zero attached hydrogens (tertiary/aromatic N) is 2. The van der Waals surface area contributed by atoms with E-state index in [1.807, 2.05) is 18.3 Å². The summed E-state index contributed by atoms with van der Waals surface area (Å²) in [6.45, 7) is 6.58. The monoisotopic (exact) mass is 702 g/mol. The number of hydrogen-bond acceptors (Lipinski definition) is 2. The predicted octanol–water partition coefficient (Wildman–Crippen LogP) is 14.1. The van der Waals surface area contributed by atoms with Crippen molar-refractivity contribution in [2.75, 3.05) is 0 Å². The van der Waals surface area contributed by atoms with Gasteiger partial charge in [-0.25, -0.2) is 0 Å². The second kappa shape index (κ2) is 14.7. The summed E-state index contributed by atoms with van der Waals surface area (Å²) < 4.78 is 0. The Morgan fingerprint density at radius 1 is 0.436 bits per heavy atom. The fourth-order valence-corrected chi connectivity index (χ4v) is 7.56. The van der Waals surface area contributed by atoms with Crippen molar-refractivity contribution in [3.05, 3.63) is 224 Å². The number of allylic oxidation sites excluding steroid dienone is 2. The third-order valence-electron chi connectivity index (χ3n) is 10.5. The van der Waals surface area contributed by atoms with Gasteiger partial charge in [0.2, 0.25) is 0 Å². The van der Waals surface area contributed by atoms with Crippen LogP contribution in [0, 0.1) is 0 Å². The number of benzene rings is 8. The Balaban J connectivity index is 1.07. The molecule has 0 atom stereocenters. The van der Waals surface area contributed by atoms with E-state index >= 15 is 0 Å². The number of hydrogen-bond donors (Lipinski definition) is 0. The smallest absolute Gasteiger partial charge is 0.0711 e. The van der Waals surface area contributed by atoms with E-state index in [0.29, 0.717) is 0 Å². The van der Waals surface area contributed by atoms with Crippen LogP contribution < -0.4 is 0 Å². The highest BCUT2D eigenvalue weighted by molar-refractivity contribution is 6.25. The molecular formula is C53H38N2. The van der Waals surface area contributed by atoms with Gasteiger partial charge in [-0.2, -0.15) is 0 Å². The summed E-state index contributed by atoms with van der Waals surface area (Å²) in [5.41, 5.74) is 12.7. The highest BCUT2D eigenvalue weighted by Gasteiger charge is 2.11. The lowest BCUT2D eigenvalue weighted by Crippen LogP contribution is -1.97. The Morgan fingerprint density at radius 2 is 0.945 bits per heavy atom. The van der Waals surface area contributed by atoms with E-state index < -0.39 is 0 Å². The van der Waals surface area contributed by atoms with Crippen molar-refractivity contribution in [2.45, 2.75) is 6.92 Å². The molecule has 9 rings (SSSR count). The van der Waals surface area contributed by atoms with Crippen LogP contribution in [0.15, 0.2) is 212 Å². The van der Waals surface area contributed by atoms with Gasteiger partial charge in [0.25, 0.3) is 0 Å². The summed E-state index contributed by atoms with van der Waals surface area (Å²) >= 11 is 0. The first-order chi connectivity index (χ1) is 27.1. The van der Waals surface area contributed by atoms with Crippen LogP contribution in [0.2, 0.25) is 0 Å². The van der Waals surface area contributed by atoms with Gasteiger partial charge in [0.15, 0.2) is 0 Å². The van der Waals surface area contributed by atoms with Gasteiger partial charge < -0.3 is 0 Å². The van der Waals surface area contributed by atoms with Crippen molar-refractivity contribution >= 4 is 49.3 Å². The Bertz CT molecular complexity index is 2870. The van der Waals surface area contributed by atoms with E-state index in [1.54, 1.807) is 6.20 Å². The minimum absolute atomic E-state index is 0.845. The molecule has 0 radical (unpaired) electrons. The Hall–Kier alpha value is -7.16. The molecule has 8 aromatic carbocycles. The van der Waals surface area contributed by atoms with Gasteiger partial charge in [0, 0.05) is 29.2 Å². The van der Waals surface area contributed by atoms with Crippen LogP contribution >= 0.6 is 0 Å². The summed E-state index contributed by atoms with van der Waals surface area (Å²) in [5, 5.41) is 7.68. The van der Waals surface area contributed by atoms with Crippen LogP contribution in [0.4, 0.5) is 0 Å². The fourth-order valence-electron chi connectivity index (χ4n) is 7.56. The fraction of sp³-hybridized carbons (Fsp3) is 0.0189. The average molecular weight is 703 g/mol. The van der Waals surface area contributed by atoms with Gasteiger partial charge in [0.1, 0.15) is 0 Å². The Morgan fingerprint density at radius 3 is 1.60 bits per heavy atom. The summed E-state index contributed by atoms with van der Waals surface area (Å²) in [7, 11) is 0. The number of aromatic nitrogens is 1. The molecule has 0 saturated carbocycles. The lowest BCUT2D eigenvalue weighted by molar-refractivity contribution is 1.33. The van der Waals surface area contributed by atoms with E-state index in [9.17, 15) is 0 Å². The molecule has 0 fully saturated rings. The Kier molecular flexibility index (Phi) is 8.99. The van der Waals surface area contributed by atoms with Crippen LogP contribution in [0.3, 0.4) is 0 Å². The topological polar surface area (TPSA) is 25.2 Å². The summed E-state index contributed by atoms with van der Waals surface area (Å²) in [4.78, 5) is 9.64. The molecule has 2 heteroatoms. The SMILES string of the molecule is C=C(/C=C(\N=C(/C)c1ccc(-c2ccc3c4ccccc4c4ccccc4c3c2)cc1)c1cccc(-c2cccnc2)c1)c1ccc(-c2ccccc2)cc1. The molecule has 0 unspecified atom stereocenters. The molecule has 260 valence electrons. The highest BCUT2D eigenvalue weighted by atomic mass is 14.8. The quantitative estimate of drug-likeness (QED) is 0.0879. The zero-order chi connectivity index (χ0) is 37.1. The van der Waals surface area contributed by atoms with Crippen molar-refractivity contribution in [3.8, 4) is 33.4 Å². The van der Waals surface area contributed by atoms with E-state index in [-0.39, 0.29) is 0 Å². The average Bonchev–Trinajstić information content (AvgIpc) is 3.27.